The molecule has 1 amide bonds. The van der Waals surface area contributed by atoms with Crippen molar-refractivity contribution in [2.75, 3.05) is 31.6 Å². The fourth-order valence-corrected chi connectivity index (χ4v) is 6.19. The SMILES string of the molecule is BC1CC(n2cc3cc(OCCN4CCC5(CC4)C(=O)Nc4ccc(Cl)cc45)cc(C(F)(F)F)c3n2)C1. The molecular formula is C26H27BClF3N4O2. The van der Waals surface area contributed by atoms with Gasteiger partial charge in [-0.05, 0) is 74.7 Å². The lowest BCUT2D eigenvalue weighted by Gasteiger charge is -2.38. The number of halogens is 4. The van der Waals surface area contributed by atoms with Crippen molar-refractivity contribution in [1.29, 1.82) is 0 Å². The van der Waals surface area contributed by atoms with E-state index in [1.807, 2.05) is 12.1 Å². The van der Waals surface area contributed by atoms with Gasteiger partial charge in [-0.25, -0.2) is 0 Å². The van der Waals surface area contributed by atoms with E-state index in [-0.39, 0.29) is 29.8 Å². The van der Waals surface area contributed by atoms with E-state index in [2.05, 4.69) is 23.2 Å². The summed E-state index contributed by atoms with van der Waals surface area (Å²) in [5, 5.41) is 8.30. The fraction of sp³-hybridized carbons (Fsp3) is 0.462. The van der Waals surface area contributed by atoms with Gasteiger partial charge in [0.25, 0.3) is 0 Å². The van der Waals surface area contributed by atoms with Crippen molar-refractivity contribution in [2.45, 2.75) is 49.1 Å². The highest BCUT2D eigenvalue weighted by molar-refractivity contribution is 6.31. The van der Waals surface area contributed by atoms with Crippen molar-refractivity contribution in [3.05, 3.63) is 52.7 Å². The van der Waals surface area contributed by atoms with Crippen LogP contribution in [0.4, 0.5) is 18.9 Å². The van der Waals surface area contributed by atoms with E-state index in [1.54, 1.807) is 23.0 Å². The molecule has 6 rings (SSSR count). The number of likely N-dealkylation sites (tertiary alicyclic amines) is 1. The van der Waals surface area contributed by atoms with Gasteiger partial charge in [0.1, 0.15) is 25.7 Å². The minimum absolute atomic E-state index is 0.00514. The van der Waals surface area contributed by atoms with Gasteiger partial charge in [-0.15, -0.1) is 0 Å². The standard InChI is InChI=1S/C26H27BClF3N4O2/c27-16-10-18(11-16)35-14-15-9-19(13-21(23(15)33-35)26(29,30)31)37-8-7-34-5-3-25(4-6-34)20-12-17(28)1-2-22(20)32-24(25)36/h1-2,9,12-14,16,18H,3-8,10-11,27H2,(H,32,36). The summed E-state index contributed by atoms with van der Waals surface area (Å²) in [5.41, 5.74) is 0.386. The van der Waals surface area contributed by atoms with Gasteiger partial charge in [0.05, 0.1) is 17.0 Å². The van der Waals surface area contributed by atoms with E-state index >= 15 is 0 Å². The van der Waals surface area contributed by atoms with E-state index in [9.17, 15) is 18.0 Å². The number of aromatic nitrogens is 2. The van der Waals surface area contributed by atoms with E-state index < -0.39 is 17.2 Å². The number of piperidine rings is 1. The Bertz CT molecular complexity index is 1360. The molecule has 3 aromatic rings. The molecular weight excluding hydrogens is 504 g/mol. The second-order valence-electron chi connectivity index (χ2n) is 10.7. The summed E-state index contributed by atoms with van der Waals surface area (Å²) in [5.74, 6) is 0.762. The van der Waals surface area contributed by atoms with Crippen molar-refractivity contribution >= 4 is 41.9 Å². The molecule has 2 fully saturated rings. The zero-order valence-electron chi connectivity index (χ0n) is 20.4. The largest absolute Gasteiger partial charge is 0.492 e. The number of amides is 1. The van der Waals surface area contributed by atoms with Crippen LogP contribution in [0.2, 0.25) is 10.8 Å². The molecule has 11 heteroatoms. The van der Waals surface area contributed by atoms with E-state index in [0.29, 0.717) is 48.7 Å². The minimum atomic E-state index is -4.52. The van der Waals surface area contributed by atoms with Crippen LogP contribution in [-0.4, -0.2) is 54.7 Å². The first-order valence-electron chi connectivity index (χ1n) is 12.7. The molecule has 1 aromatic heterocycles. The molecule has 0 atom stereocenters. The summed E-state index contributed by atoms with van der Waals surface area (Å²) in [4.78, 5) is 15.0. The van der Waals surface area contributed by atoms with Crippen molar-refractivity contribution in [3.8, 4) is 5.75 Å². The average Bonchev–Trinajstić information content (AvgIpc) is 3.36. The number of benzene rings is 2. The fourth-order valence-electron chi connectivity index (χ4n) is 6.02. The number of hydrogen-bond acceptors (Lipinski definition) is 4. The lowest BCUT2D eigenvalue weighted by molar-refractivity contribution is -0.136. The molecule has 37 heavy (non-hydrogen) atoms. The summed E-state index contributed by atoms with van der Waals surface area (Å²) in [6, 6.07) is 8.33. The van der Waals surface area contributed by atoms with Crippen LogP contribution >= 0.6 is 11.6 Å². The Morgan fingerprint density at radius 2 is 1.95 bits per heavy atom. The molecule has 1 aliphatic carbocycles. The first-order chi connectivity index (χ1) is 17.6. The third-order valence-electron chi connectivity index (χ3n) is 8.19. The van der Waals surface area contributed by atoms with Gasteiger partial charge in [0, 0.05) is 28.8 Å². The van der Waals surface area contributed by atoms with Gasteiger partial charge in [-0.1, -0.05) is 17.4 Å². The van der Waals surface area contributed by atoms with E-state index in [1.165, 1.54) is 0 Å². The van der Waals surface area contributed by atoms with Gasteiger partial charge < -0.3 is 10.1 Å². The van der Waals surface area contributed by atoms with Crippen LogP contribution in [0.15, 0.2) is 36.5 Å². The Morgan fingerprint density at radius 3 is 2.65 bits per heavy atom. The number of carbonyl (C=O) groups is 1. The molecule has 1 spiro atoms. The van der Waals surface area contributed by atoms with E-state index in [0.717, 1.165) is 30.2 Å². The van der Waals surface area contributed by atoms with Gasteiger partial charge in [0.2, 0.25) is 5.91 Å². The van der Waals surface area contributed by atoms with E-state index in [4.69, 9.17) is 16.3 Å². The topological polar surface area (TPSA) is 59.4 Å². The van der Waals surface area contributed by atoms with Crippen molar-refractivity contribution < 1.29 is 22.7 Å². The van der Waals surface area contributed by atoms with Crippen LogP contribution in [0.1, 0.15) is 42.9 Å². The Kier molecular flexibility index (Phi) is 5.95. The molecule has 2 aliphatic heterocycles. The van der Waals surface area contributed by atoms with Crippen LogP contribution in [0.25, 0.3) is 10.9 Å². The number of fused-ring (bicyclic) bond motifs is 3. The predicted octanol–water partition coefficient (Wildman–Crippen LogP) is 4.83. The predicted molar refractivity (Wildman–Crippen MR) is 138 cm³/mol. The molecule has 2 aromatic carbocycles. The van der Waals surface area contributed by atoms with Gasteiger partial charge in [0.15, 0.2) is 0 Å². The number of ether oxygens (including phenoxy) is 1. The summed E-state index contributed by atoms with van der Waals surface area (Å²) < 4.78 is 49.0. The first-order valence-corrected chi connectivity index (χ1v) is 13.1. The Balaban J connectivity index is 1.12. The summed E-state index contributed by atoms with van der Waals surface area (Å²) >= 11 is 6.20. The van der Waals surface area contributed by atoms with Gasteiger partial charge in [-0.2, -0.15) is 18.3 Å². The van der Waals surface area contributed by atoms with Crippen LogP contribution < -0.4 is 10.1 Å². The number of rotatable bonds is 5. The lowest BCUT2D eigenvalue weighted by atomic mass is 9.68. The molecule has 3 aliphatic rings. The average molecular weight is 531 g/mol. The van der Waals surface area contributed by atoms with Crippen molar-refractivity contribution in [2.24, 2.45) is 0 Å². The highest BCUT2D eigenvalue weighted by Gasteiger charge is 2.48. The molecule has 1 saturated heterocycles. The monoisotopic (exact) mass is 530 g/mol. The summed E-state index contributed by atoms with van der Waals surface area (Å²) in [6.45, 7) is 2.17. The molecule has 194 valence electrons. The first kappa shape index (κ1) is 24.6. The zero-order valence-corrected chi connectivity index (χ0v) is 21.2. The normalized spacial score (nSPS) is 23.2. The third kappa shape index (κ3) is 4.38. The molecule has 1 saturated carbocycles. The maximum atomic E-state index is 13.8. The smallest absolute Gasteiger partial charge is 0.418 e. The lowest BCUT2D eigenvalue weighted by Crippen LogP contribution is -2.47. The van der Waals surface area contributed by atoms with Crippen LogP contribution in [0, 0.1) is 0 Å². The van der Waals surface area contributed by atoms with Crippen LogP contribution in [-0.2, 0) is 16.4 Å². The minimum Gasteiger partial charge on any atom is -0.492 e. The number of nitrogens with zero attached hydrogens (tertiary/aromatic N) is 3. The third-order valence-corrected chi connectivity index (χ3v) is 8.43. The van der Waals surface area contributed by atoms with Crippen molar-refractivity contribution in [1.82, 2.24) is 14.7 Å². The number of anilines is 1. The Labute approximate surface area is 218 Å². The molecule has 0 radical (unpaired) electrons. The highest BCUT2D eigenvalue weighted by atomic mass is 35.5. The van der Waals surface area contributed by atoms with Crippen LogP contribution in [0.3, 0.4) is 0 Å². The second kappa shape index (κ2) is 8.94. The summed E-state index contributed by atoms with van der Waals surface area (Å²) in [7, 11) is 2.13. The Hall–Kier alpha value is -2.72. The Morgan fingerprint density at radius 1 is 1.19 bits per heavy atom. The quantitative estimate of drug-likeness (QED) is 0.480. The number of hydrogen-bond donors (Lipinski definition) is 1. The molecule has 3 heterocycles. The number of alkyl halides is 3. The molecule has 0 unspecified atom stereocenters. The number of nitrogens with one attached hydrogen (secondary N) is 1. The maximum Gasteiger partial charge on any atom is 0.418 e. The van der Waals surface area contributed by atoms with Gasteiger partial charge >= 0.3 is 6.18 Å². The van der Waals surface area contributed by atoms with Crippen LogP contribution in [0.5, 0.6) is 5.75 Å². The maximum absolute atomic E-state index is 13.8. The number of carbonyl (C=O) groups excluding carboxylic acids is 1. The zero-order chi connectivity index (χ0) is 25.9. The molecule has 6 nitrogen and oxygen atoms in total. The molecule has 1 N–H and O–H groups in total. The highest BCUT2D eigenvalue weighted by Crippen LogP contribution is 2.46. The summed E-state index contributed by atoms with van der Waals surface area (Å²) in [6.07, 6.45) is 0.331. The van der Waals surface area contributed by atoms with Crippen molar-refractivity contribution in [3.63, 3.8) is 0 Å². The van der Waals surface area contributed by atoms with Gasteiger partial charge in [-0.3, -0.25) is 14.4 Å². The second-order valence-corrected chi connectivity index (χ2v) is 11.1. The molecule has 0 bridgehead atoms.